The molecule has 0 unspecified atom stereocenters. The van der Waals surface area contributed by atoms with Crippen LogP contribution in [-0.4, -0.2) is 17.6 Å². The Bertz CT molecular complexity index is 26.5. The summed E-state index contributed by atoms with van der Waals surface area (Å²) in [6.07, 6.45) is 0. The summed E-state index contributed by atoms with van der Waals surface area (Å²) in [4.78, 5) is 0. The van der Waals surface area contributed by atoms with E-state index >= 15 is 0 Å². The van der Waals surface area contributed by atoms with E-state index in [-0.39, 0.29) is 31.1 Å². The van der Waals surface area contributed by atoms with Gasteiger partial charge >= 0.3 is 0 Å². The van der Waals surface area contributed by atoms with E-state index in [0.717, 1.165) is 0 Å². The summed E-state index contributed by atoms with van der Waals surface area (Å²) in [7, 11) is -0.278. The molecule has 0 saturated carbocycles. The van der Waals surface area contributed by atoms with E-state index in [1.54, 1.807) is 0 Å². The second kappa shape index (κ2) is 11.6. The average Bonchev–Trinajstić information content (AvgIpc) is 1.25. The molecule has 0 amide bonds. The number of hydrogen-bond acceptors (Lipinski definition) is 0. The van der Waals surface area contributed by atoms with Crippen LogP contribution in [0.15, 0.2) is 0 Å². The molecule has 0 rings (SSSR count). The topological polar surface area (TPSA) is 0 Å². The lowest BCUT2D eigenvalue weighted by Crippen LogP contribution is -1.84. The summed E-state index contributed by atoms with van der Waals surface area (Å²) in [5.74, 6) is 0. The van der Waals surface area contributed by atoms with Crippen molar-refractivity contribution in [2.24, 2.45) is 0 Å². The van der Waals surface area contributed by atoms with E-state index in [0.29, 0.717) is 0 Å². The maximum Gasteiger partial charge on any atom is 0.0274 e. The molecule has 0 heterocycles. The van der Waals surface area contributed by atoms with Gasteiger partial charge in [-0.25, -0.2) is 0 Å². The second-order valence-electron chi connectivity index (χ2n) is 3.46. The quantitative estimate of drug-likeness (QED) is 0.505. The molecule has 0 aliphatic rings. The van der Waals surface area contributed by atoms with Crippen molar-refractivity contribution in [3.8, 4) is 0 Å². The van der Waals surface area contributed by atoms with Crippen LogP contribution in [0, 0.1) is 0 Å². The van der Waals surface area contributed by atoms with Crippen molar-refractivity contribution in [1.82, 2.24) is 0 Å². The fraction of sp³-hybridized carbons (Fsp3) is 1.00. The third kappa shape index (κ3) is 658. The monoisotopic (exact) mass is 182 g/mol. The molecule has 0 aromatic carbocycles. The lowest BCUT2D eigenvalue weighted by molar-refractivity contribution is 1.91. The smallest absolute Gasteiger partial charge is 0.0274 e. The Morgan fingerprint density at radius 3 is 0.556 bits per heavy atom. The SMILES string of the molecule is C[SiH](C)C.C[SiH](C)C.S. The molecule has 0 radical (unpaired) electrons. The van der Waals surface area contributed by atoms with E-state index in [9.17, 15) is 0 Å². The molecule has 0 nitrogen and oxygen atoms in total. The van der Waals surface area contributed by atoms with Gasteiger partial charge < -0.3 is 0 Å². The van der Waals surface area contributed by atoms with Gasteiger partial charge in [0.1, 0.15) is 0 Å². The molecule has 60 valence electrons. The van der Waals surface area contributed by atoms with E-state index in [4.69, 9.17) is 0 Å². The maximum absolute atomic E-state index is 2.31. The summed E-state index contributed by atoms with van der Waals surface area (Å²) in [6, 6.07) is 0. The predicted octanol–water partition coefficient (Wildman–Crippen LogP) is 2.32. The van der Waals surface area contributed by atoms with Gasteiger partial charge in [0, 0.05) is 17.6 Å². The molecule has 0 aliphatic carbocycles. The van der Waals surface area contributed by atoms with Crippen LogP contribution in [-0.2, 0) is 0 Å². The molecule has 9 heavy (non-hydrogen) atoms. The van der Waals surface area contributed by atoms with Crippen LogP contribution in [0.2, 0.25) is 39.3 Å². The van der Waals surface area contributed by atoms with Gasteiger partial charge in [-0.1, -0.05) is 39.3 Å². The van der Waals surface area contributed by atoms with Crippen molar-refractivity contribution >= 4 is 31.1 Å². The predicted molar refractivity (Wildman–Crippen MR) is 59.9 cm³/mol. The van der Waals surface area contributed by atoms with Crippen molar-refractivity contribution in [2.45, 2.75) is 39.3 Å². The van der Waals surface area contributed by atoms with E-state index < -0.39 is 0 Å². The molecule has 0 atom stereocenters. The third-order valence-electron chi connectivity index (χ3n) is 0. The lowest BCUT2D eigenvalue weighted by Gasteiger charge is -1.75. The largest absolute Gasteiger partial charge is 0.197 e. The maximum atomic E-state index is 2.31. The zero-order chi connectivity index (χ0) is 7.15. The minimum absolute atomic E-state index is 0. The van der Waals surface area contributed by atoms with Crippen molar-refractivity contribution in [2.75, 3.05) is 0 Å². The zero-order valence-electron chi connectivity index (χ0n) is 7.65. The van der Waals surface area contributed by atoms with Crippen LogP contribution in [0.4, 0.5) is 0 Å². The summed E-state index contributed by atoms with van der Waals surface area (Å²) in [5, 5.41) is 0. The molecule has 0 fully saturated rings. The van der Waals surface area contributed by atoms with Crippen molar-refractivity contribution in [1.29, 1.82) is 0 Å². The number of hydrogen-bond donors (Lipinski definition) is 0. The van der Waals surface area contributed by atoms with Crippen LogP contribution in [0.3, 0.4) is 0 Å². The van der Waals surface area contributed by atoms with Gasteiger partial charge in [-0.05, 0) is 0 Å². The van der Waals surface area contributed by atoms with Crippen molar-refractivity contribution in [3.05, 3.63) is 0 Å². The first kappa shape index (κ1) is 16.4. The molecule has 0 saturated heterocycles. The van der Waals surface area contributed by atoms with Gasteiger partial charge in [0.2, 0.25) is 0 Å². The molecule has 0 spiro atoms. The van der Waals surface area contributed by atoms with Gasteiger partial charge in [0.15, 0.2) is 0 Å². The lowest BCUT2D eigenvalue weighted by atomic mass is 11.8. The highest BCUT2D eigenvalue weighted by Crippen LogP contribution is 1.68. The third-order valence-corrected chi connectivity index (χ3v) is 0. The van der Waals surface area contributed by atoms with E-state index in [2.05, 4.69) is 39.3 Å². The Hall–Kier alpha value is 0.784. The molecule has 0 aliphatic heterocycles. The second-order valence-corrected chi connectivity index (χ2v) is 10.4. The average molecular weight is 182 g/mol. The number of rotatable bonds is 0. The van der Waals surface area contributed by atoms with Gasteiger partial charge in [-0.15, -0.1) is 0 Å². The van der Waals surface area contributed by atoms with Gasteiger partial charge in [-0.3, -0.25) is 0 Å². The molecular formula is C6H22SSi2. The summed E-state index contributed by atoms with van der Waals surface area (Å²) in [5.41, 5.74) is 0. The Balaban J connectivity index is -0.0000000720. The van der Waals surface area contributed by atoms with Gasteiger partial charge in [0.05, 0.1) is 0 Å². The van der Waals surface area contributed by atoms with Gasteiger partial charge in [-0.2, -0.15) is 13.5 Å². The molecular weight excluding hydrogens is 160 g/mol. The first-order chi connectivity index (χ1) is 3.46. The molecule has 3 heteroatoms. The Kier molecular flexibility index (Phi) is 21.1. The molecule has 0 N–H and O–H groups in total. The highest BCUT2D eigenvalue weighted by atomic mass is 32.1. The highest BCUT2D eigenvalue weighted by Gasteiger charge is 1.71. The molecule has 0 aromatic heterocycles. The minimum atomic E-state index is -0.139. The van der Waals surface area contributed by atoms with Gasteiger partial charge in [0.25, 0.3) is 0 Å². The zero-order valence-corrected chi connectivity index (χ0v) is 11.0. The molecule has 0 aromatic rings. The van der Waals surface area contributed by atoms with E-state index in [1.807, 2.05) is 0 Å². The Labute approximate surface area is 70.7 Å². The fourth-order valence-corrected chi connectivity index (χ4v) is 0. The van der Waals surface area contributed by atoms with E-state index in [1.165, 1.54) is 0 Å². The summed E-state index contributed by atoms with van der Waals surface area (Å²) in [6.45, 7) is 13.8. The van der Waals surface area contributed by atoms with Crippen LogP contribution < -0.4 is 0 Å². The Morgan fingerprint density at radius 1 is 0.556 bits per heavy atom. The van der Waals surface area contributed by atoms with Crippen molar-refractivity contribution < 1.29 is 0 Å². The van der Waals surface area contributed by atoms with Crippen LogP contribution >= 0.6 is 13.5 Å². The van der Waals surface area contributed by atoms with Crippen LogP contribution in [0.5, 0.6) is 0 Å². The minimum Gasteiger partial charge on any atom is -0.197 e. The highest BCUT2D eigenvalue weighted by molar-refractivity contribution is 7.59. The van der Waals surface area contributed by atoms with Crippen LogP contribution in [0.1, 0.15) is 0 Å². The summed E-state index contributed by atoms with van der Waals surface area (Å²) >= 11 is 0. The standard InChI is InChI=1S/2C3H10Si.H2S/c2*1-4(2)3;/h2*4H,1-3H3;1H2. The van der Waals surface area contributed by atoms with Crippen molar-refractivity contribution in [3.63, 3.8) is 0 Å². The van der Waals surface area contributed by atoms with Crippen LogP contribution in [0.25, 0.3) is 0 Å². The summed E-state index contributed by atoms with van der Waals surface area (Å²) < 4.78 is 0. The Morgan fingerprint density at radius 2 is 0.556 bits per heavy atom. The fourth-order valence-electron chi connectivity index (χ4n) is 0. The molecule has 0 bridgehead atoms. The normalized spacial score (nSPS) is 8.00. The first-order valence-corrected chi connectivity index (χ1v) is 10.4. The first-order valence-electron chi connectivity index (χ1n) is 3.46.